The Labute approximate surface area is 157 Å². The largest absolute Gasteiger partial charge is 0.385 e. The molecule has 0 unspecified atom stereocenters. The molecular weight excluding hydrogens is 357 g/mol. The molecule has 130 valence electrons. The number of aliphatic imine (C=N–C) groups is 1. The minimum absolute atomic E-state index is 0.517. The Morgan fingerprint density at radius 1 is 1.16 bits per heavy atom. The average molecular weight is 376 g/mol. The van der Waals surface area contributed by atoms with E-state index < -0.39 is 0 Å². The molecule has 1 saturated heterocycles. The van der Waals surface area contributed by atoms with E-state index in [1.165, 1.54) is 0 Å². The zero-order chi connectivity index (χ0) is 17.8. The minimum Gasteiger partial charge on any atom is -0.385 e. The van der Waals surface area contributed by atoms with Gasteiger partial charge in [0.25, 0.3) is 0 Å². The molecule has 1 aliphatic heterocycles. The van der Waals surface area contributed by atoms with E-state index in [2.05, 4.69) is 16.5 Å². The van der Waals surface area contributed by atoms with Crippen LogP contribution in [0.5, 0.6) is 0 Å². The van der Waals surface area contributed by atoms with Gasteiger partial charge in [-0.25, -0.2) is 4.99 Å². The summed E-state index contributed by atoms with van der Waals surface area (Å²) in [6, 6.07) is 5.26. The Morgan fingerprint density at radius 3 is 2.60 bits per heavy atom. The smallest absolute Gasteiger partial charge is 0.108 e. The minimum atomic E-state index is 0.517. The van der Waals surface area contributed by atoms with Crippen LogP contribution in [0.3, 0.4) is 0 Å². The molecule has 2 N–H and O–H groups in total. The van der Waals surface area contributed by atoms with Crippen LogP contribution in [-0.2, 0) is 4.74 Å². The van der Waals surface area contributed by atoms with Crippen molar-refractivity contribution >= 4 is 34.6 Å². The zero-order valence-corrected chi connectivity index (χ0v) is 15.2. The lowest BCUT2D eigenvalue weighted by Gasteiger charge is -2.30. The molecule has 1 aliphatic carbocycles. The fourth-order valence-electron chi connectivity index (χ4n) is 2.69. The van der Waals surface area contributed by atoms with Gasteiger partial charge in [0, 0.05) is 29.2 Å². The third-order valence-electron chi connectivity index (χ3n) is 4.03. The monoisotopic (exact) mass is 375 g/mol. The number of ether oxygens (including phenoxy) is 1. The quantitative estimate of drug-likeness (QED) is 0.867. The van der Waals surface area contributed by atoms with Gasteiger partial charge in [0.2, 0.25) is 0 Å². The zero-order valence-electron chi connectivity index (χ0n) is 13.7. The summed E-state index contributed by atoms with van der Waals surface area (Å²) in [4.78, 5) is 6.76. The Kier molecular flexibility index (Phi) is 5.63. The second-order valence-corrected chi connectivity index (χ2v) is 6.53. The molecule has 0 radical (unpaired) electrons. The molecule has 0 amide bonds. The lowest BCUT2D eigenvalue weighted by atomic mass is 10.0. The first-order valence-corrected chi connectivity index (χ1v) is 8.72. The summed E-state index contributed by atoms with van der Waals surface area (Å²) < 4.78 is 5.39. The lowest BCUT2D eigenvalue weighted by Crippen LogP contribution is -2.39. The van der Waals surface area contributed by atoms with Gasteiger partial charge in [-0.05, 0) is 30.4 Å². The van der Waals surface area contributed by atoms with E-state index in [9.17, 15) is 0 Å². The van der Waals surface area contributed by atoms with Crippen molar-refractivity contribution < 1.29 is 4.74 Å². The SMILES string of the molecule is C=C(/N=C1/C=CC=C/C1=C(/N)N1CCOCC1)c1ccc(Cl)cc1Cl. The molecule has 1 fully saturated rings. The van der Waals surface area contributed by atoms with E-state index in [1.807, 2.05) is 30.4 Å². The maximum atomic E-state index is 6.39. The molecular formula is C19H19Cl2N3O. The van der Waals surface area contributed by atoms with Crippen LogP contribution in [0, 0.1) is 0 Å². The van der Waals surface area contributed by atoms with Gasteiger partial charge in [0.15, 0.2) is 0 Å². The lowest BCUT2D eigenvalue weighted by molar-refractivity contribution is 0.0528. The molecule has 0 spiro atoms. The van der Waals surface area contributed by atoms with E-state index in [-0.39, 0.29) is 0 Å². The van der Waals surface area contributed by atoms with Gasteiger partial charge in [-0.3, -0.25) is 0 Å². The number of nitrogens with two attached hydrogens (primary N) is 1. The molecule has 0 saturated carbocycles. The summed E-state index contributed by atoms with van der Waals surface area (Å²) in [6.45, 7) is 6.93. The predicted molar refractivity (Wildman–Crippen MR) is 105 cm³/mol. The first kappa shape index (κ1) is 17.8. The van der Waals surface area contributed by atoms with Gasteiger partial charge in [-0.1, -0.05) is 41.9 Å². The topological polar surface area (TPSA) is 50.8 Å². The van der Waals surface area contributed by atoms with Gasteiger partial charge in [0.05, 0.1) is 29.6 Å². The molecule has 4 nitrogen and oxygen atoms in total. The maximum Gasteiger partial charge on any atom is 0.108 e. The Balaban J connectivity index is 1.92. The van der Waals surface area contributed by atoms with Crippen LogP contribution in [0.15, 0.2) is 65.5 Å². The van der Waals surface area contributed by atoms with Crippen LogP contribution in [0.1, 0.15) is 5.56 Å². The summed E-state index contributed by atoms with van der Waals surface area (Å²) in [5.74, 6) is 0.692. The van der Waals surface area contributed by atoms with Crippen molar-refractivity contribution in [1.82, 2.24) is 4.90 Å². The molecule has 1 heterocycles. The van der Waals surface area contributed by atoms with Crippen LogP contribution in [-0.4, -0.2) is 36.9 Å². The number of allylic oxidation sites excluding steroid dienone is 5. The van der Waals surface area contributed by atoms with Gasteiger partial charge in [0.1, 0.15) is 5.82 Å². The molecule has 1 aromatic rings. The highest BCUT2D eigenvalue weighted by atomic mass is 35.5. The first-order valence-electron chi connectivity index (χ1n) is 7.97. The van der Waals surface area contributed by atoms with E-state index >= 15 is 0 Å². The van der Waals surface area contributed by atoms with Crippen molar-refractivity contribution in [2.75, 3.05) is 26.3 Å². The highest BCUT2D eigenvalue weighted by Crippen LogP contribution is 2.28. The predicted octanol–water partition coefficient (Wildman–Crippen LogP) is 4.03. The number of hydrogen-bond donors (Lipinski definition) is 1. The molecule has 6 heteroatoms. The Morgan fingerprint density at radius 2 is 1.88 bits per heavy atom. The molecule has 1 aromatic carbocycles. The maximum absolute atomic E-state index is 6.39. The van der Waals surface area contributed by atoms with Crippen LogP contribution in [0.2, 0.25) is 10.0 Å². The van der Waals surface area contributed by atoms with Crippen LogP contribution < -0.4 is 5.73 Å². The van der Waals surface area contributed by atoms with Crippen molar-refractivity contribution in [3.63, 3.8) is 0 Å². The fraction of sp³-hybridized carbons (Fsp3) is 0.211. The van der Waals surface area contributed by atoms with Crippen LogP contribution in [0.4, 0.5) is 0 Å². The van der Waals surface area contributed by atoms with Gasteiger partial charge in [-0.15, -0.1) is 0 Å². The number of morpholine rings is 1. The third-order valence-corrected chi connectivity index (χ3v) is 4.58. The number of rotatable bonds is 3. The number of benzene rings is 1. The van der Waals surface area contributed by atoms with E-state index in [0.29, 0.717) is 34.8 Å². The van der Waals surface area contributed by atoms with Crippen LogP contribution >= 0.6 is 23.2 Å². The van der Waals surface area contributed by atoms with Gasteiger partial charge < -0.3 is 15.4 Å². The normalized spacial score (nSPS) is 20.9. The summed E-state index contributed by atoms with van der Waals surface area (Å²) in [7, 11) is 0. The van der Waals surface area contributed by atoms with E-state index in [1.54, 1.807) is 12.1 Å². The number of hydrogen-bond acceptors (Lipinski definition) is 4. The standard InChI is InChI=1S/C19H19Cl2N3O/c1-13(15-7-6-14(20)12-17(15)21)23-18-5-3-2-4-16(18)19(22)24-8-10-25-11-9-24/h2-7,12H,1,8-11,22H2/b19-16+,23-18-. The van der Waals surface area contributed by atoms with Crippen LogP contribution in [0.25, 0.3) is 5.70 Å². The van der Waals surface area contributed by atoms with Crippen molar-refractivity contribution in [3.8, 4) is 0 Å². The second-order valence-electron chi connectivity index (χ2n) is 5.68. The van der Waals surface area contributed by atoms with Crippen molar-refractivity contribution in [1.29, 1.82) is 0 Å². The highest BCUT2D eigenvalue weighted by molar-refractivity contribution is 6.35. The highest BCUT2D eigenvalue weighted by Gasteiger charge is 2.18. The fourth-order valence-corrected chi connectivity index (χ4v) is 3.21. The molecule has 0 atom stereocenters. The summed E-state index contributed by atoms with van der Waals surface area (Å²) in [5.41, 5.74) is 9.31. The molecule has 25 heavy (non-hydrogen) atoms. The third kappa shape index (κ3) is 4.15. The summed E-state index contributed by atoms with van der Waals surface area (Å²) >= 11 is 12.2. The average Bonchev–Trinajstić information content (AvgIpc) is 2.62. The Hall–Kier alpha value is -2.01. The number of halogens is 2. The summed E-state index contributed by atoms with van der Waals surface area (Å²) in [6.07, 6.45) is 7.74. The molecule has 3 rings (SSSR count). The van der Waals surface area contributed by atoms with Gasteiger partial charge >= 0.3 is 0 Å². The van der Waals surface area contributed by atoms with Crippen molar-refractivity contribution in [2.45, 2.75) is 0 Å². The number of nitrogens with zero attached hydrogens (tertiary/aromatic N) is 2. The summed E-state index contributed by atoms with van der Waals surface area (Å²) in [5, 5.41) is 1.09. The molecule has 2 aliphatic rings. The second kappa shape index (κ2) is 7.91. The van der Waals surface area contributed by atoms with Crippen molar-refractivity contribution in [3.05, 3.63) is 76.1 Å². The molecule has 0 bridgehead atoms. The first-order chi connectivity index (χ1) is 12.1. The Bertz CT molecular complexity index is 803. The van der Waals surface area contributed by atoms with Gasteiger partial charge in [-0.2, -0.15) is 0 Å². The van der Waals surface area contributed by atoms with E-state index in [0.717, 1.165) is 29.9 Å². The van der Waals surface area contributed by atoms with E-state index in [4.69, 9.17) is 33.7 Å². The van der Waals surface area contributed by atoms with Crippen molar-refractivity contribution in [2.24, 2.45) is 10.7 Å². The molecule has 0 aromatic heterocycles.